The molecule has 0 saturated carbocycles. The summed E-state index contributed by atoms with van der Waals surface area (Å²) < 4.78 is 58.8. The van der Waals surface area contributed by atoms with Gasteiger partial charge in [0.1, 0.15) is 12.2 Å². The molecule has 12 nitrogen and oxygen atoms in total. The zero-order valence-corrected chi connectivity index (χ0v) is 24.9. The molecule has 0 saturated heterocycles. The van der Waals surface area contributed by atoms with Crippen molar-refractivity contribution in [3.8, 4) is 0 Å². The van der Waals surface area contributed by atoms with E-state index in [4.69, 9.17) is 63.7 Å². The molecule has 0 unspecified atom stereocenters. The van der Waals surface area contributed by atoms with E-state index in [0.29, 0.717) is 131 Å². The highest BCUT2D eigenvalue weighted by atomic mass is 35.5. The van der Waals surface area contributed by atoms with Gasteiger partial charge < -0.3 is 52.1 Å². The quantitative estimate of drug-likeness (QED) is 0.0664. The molecule has 0 aliphatic heterocycles. The molecule has 0 aromatic heterocycles. The first-order valence-electron chi connectivity index (χ1n) is 13.5. The summed E-state index contributed by atoms with van der Waals surface area (Å²) in [5, 5.41) is 0. The van der Waals surface area contributed by atoms with Gasteiger partial charge in [-0.2, -0.15) is 0 Å². The molecule has 13 heteroatoms. The average molecular weight is 591 g/mol. The van der Waals surface area contributed by atoms with Crippen molar-refractivity contribution in [2.24, 2.45) is 0 Å². The second kappa shape index (κ2) is 30.3. The van der Waals surface area contributed by atoms with E-state index in [2.05, 4.69) is 0 Å². The molecule has 234 valence electrons. The number of carbonyl (C=O) groups excluding carboxylic acids is 1. The van der Waals surface area contributed by atoms with Gasteiger partial charge in [0.05, 0.1) is 126 Å². The number of ether oxygens (including phenoxy) is 11. The molecule has 0 spiro atoms. The van der Waals surface area contributed by atoms with Crippen LogP contribution in [0, 0.1) is 0 Å². The van der Waals surface area contributed by atoms with Crippen LogP contribution >= 0.6 is 11.6 Å². The molecule has 0 rings (SSSR count). The number of carbonyl (C=O) groups is 1. The monoisotopic (exact) mass is 590 g/mol. The second-order valence-electron chi connectivity index (χ2n) is 8.84. The maximum atomic E-state index is 11.5. The first-order valence-corrected chi connectivity index (χ1v) is 14.0. The Morgan fingerprint density at radius 1 is 0.436 bits per heavy atom. The molecule has 0 aliphatic rings. The van der Waals surface area contributed by atoms with E-state index >= 15 is 0 Å². The largest absolute Gasteiger partial charge is 0.458 e. The third-order valence-electron chi connectivity index (χ3n) is 4.21. The van der Waals surface area contributed by atoms with Crippen LogP contribution in [-0.2, 0) is 56.9 Å². The second-order valence-corrected chi connectivity index (χ2v) is 9.22. The zero-order chi connectivity index (χ0) is 28.7. The van der Waals surface area contributed by atoms with Gasteiger partial charge in [-0.3, -0.25) is 0 Å². The van der Waals surface area contributed by atoms with Gasteiger partial charge in [0.2, 0.25) is 0 Å². The fourth-order valence-corrected chi connectivity index (χ4v) is 2.67. The molecular formula is C26H51ClO12. The summed E-state index contributed by atoms with van der Waals surface area (Å²) in [4.78, 5) is 11.5. The summed E-state index contributed by atoms with van der Waals surface area (Å²) in [5.41, 5.74) is -0.508. The van der Waals surface area contributed by atoms with E-state index < -0.39 is 5.60 Å². The van der Waals surface area contributed by atoms with Crippen molar-refractivity contribution < 1.29 is 56.9 Å². The summed E-state index contributed by atoms with van der Waals surface area (Å²) >= 11 is 5.50. The van der Waals surface area contributed by atoms with Crippen LogP contribution in [0.1, 0.15) is 20.8 Å². The van der Waals surface area contributed by atoms with Gasteiger partial charge in [-0.25, -0.2) is 4.79 Å². The lowest BCUT2D eigenvalue weighted by Gasteiger charge is -2.19. The van der Waals surface area contributed by atoms with E-state index in [-0.39, 0.29) is 12.6 Å². The summed E-state index contributed by atoms with van der Waals surface area (Å²) in [5.74, 6) is 0.109. The molecule has 0 heterocycles. The van der Waals surface area contributed by atoms with Crippen LogP contribution in [0.2, 0.25) is 0 Å². The number of hydrogen-bond acceptors (Lipinski definition) is 12. The number of halogens is 1. The number of alkyl halides is 1. The highest BCUT2D eigenvalue weighted by molar-refractivity contribution is 6.17. The molecular weight excluding hydrogens is 540 g/mol. The lowest BCUT2D eigenvalue weighted by molar-refractivity contribution is -0.160. The average Bonchev–Trinajstić information content (AvgIpc) is 2.88. The lowest BCUT2D eigenvalue weighted by atomic mass is 10.2. The fraction of sp³-hybridized carbons (Fsp3) is 0.962. The molecule has 0 bridgehead atoms. The normalized spacial score (nSPS) is 11.8. The van der Waals surface area contributed by atoms with E-state index in [1.54, 1.807) is 0 Å². The van der Waals surface area contributed by atoms with Crippen LogP contribution in [0.4, 0.5) is 0 Å². The molecule has 39 heavy (non-hydrogen) atoms. The van der Waals surface area contributed by atoms with Crippen LogP contribution in [-0.4, -0.2) is 150 Å². The molecule has 0 radical (unpaired) electrons. The number of hydrogen-bond donors (Lipinski definition) is 0. The van der Waals surface area contributed by atoms with Crippen LogP contribution in [0.15, 0.2) is 0 Å². The van der Waals surface area contributed by atoms with Crippen molar-refractivity contribution in [1.29, 1.82) is 0 Å². The fourth-order valence-electron chi connectivity index (χ4n) is 2.56. The Morgan fingerprint density at radius 2 is 0.667 bits per heavy atom. The number of esters is 1. The number of rotatable bonds is 31. The first kappa shape index (κ1) is 38.4. The highest BCUT2D eigenvalue weighted by Crippen LogP contribution is 2.06. The van der Waals surface area contributed by atoms with Crippen molar-refractivity contribution in [1.82, 2.24) is 0 Å². The topological polar surface area (TPSA) is 119 Å². The van der Waals surface area contributed by atoms with Crippen molar-refractivity contribution in [2.45, 2.75) is 26.4 Å². The SMILES string of the molecule is CC(C)(C)OC(=O)COCCOCCOCCOCCOCCOCCOCCOCCOCCOCCCl. The van der Waals surface area contributed by atoms with Gasteiger partial charge in [0.25, 0.3) is 0 Å². The molecule has 0 atom stereocenters. The third-order valence-corrected chi connectivity index (χ3v) is 4.36. The summed E-state index contributed by atoms with van der Waals surface area (Å²) in [7, 11) is 0. The predicted octanol–water partition coefficient (Wildman–Crippen LogP) is 1.73. The summed E-state index contributed by atoms with van der Waals surface area (Å²) in [6.45, 7) is 14.6. The summed E-state index contributed by atoms with van der Waals surface area (Å²) in [6.07, 6.45) is 0. The van der Waals surface area contributed by atoms with E-state index in [1.165, 1.54) is 0 Å². The third kappa shape index (κ3) is 35.3. The van der Waals surface area contributed by atoms with Crippen molar-refractivity contribution in [3.05, 3.63) is 0 Å². The molecule has 0 N–H and O–H groups in total. The molecule has 0 aromatic rings. The standard InChI is InChI=1S/C26H51ClO12/c1-26(2,3)39-25(28)24-38-23-22-37-21-20-36-19-18-35-17-16-34-15-14-33-13-12-32-11-10-31-9-8-30-7-6-29-5-4-27/h4-24H2,1-3H3. The Hall–Kier alpha value is -0.640. The Morgan fingerprint density at radius 3 is 0.897 bits per heavy atom. The highest BCUT2D eigenvalue weighted by Gasteiger charge is 2.15. The van der Waals surface area contributed by atoms with Crippen molar-refractivity contribution in [2.75, 3.05) is 138 Å². The predicted molar refractivity (Wildman–Crippen MR) is 145 cm³/mol. The molecule has 0 amide bonds. The maximum Gasteiger partial charge on any atom is 0.332 e. The minimum absolute atomic E-state index is 0.0809. The van der Waals surface area contributed by atoms with Gasteiger partial charge in [-0.1, -0.05) is 0 Å². The van der Waals surface area contributed by atoms with Gasteiger partial charge in [0, 0.05) is 5.88 Å². The Bertz CT molecular complexity index is 508. The van der Waals surface area contributed by atoms with Gasteiger partial charge in [-0.05, 0) is 20.8 Å². The van der Waals surface area contributed by atoms with Crippen LogP contribution < -0.4 is 0 Å². The van der Waals surface area contributed by atoms with Crippen molar-refractivity contribution in [3.63, 3.8) is 0 Å². The minimum atomic E-state index is -0.508. The minimum Gasteiger partial charge on any atom is -0.458 e. The van der Waals surface area contributed by atoms with E-state index in [0.717, 1.165) is 0 Å². The van der Waals surface area contributed by atoms with Gasteiger partial charge >= 0.3 is 5.97 Å². The smallest absolute Gasteiger partial charge is 0.332 e. The Balaban J connectivity index is 3.09. The van der Waals surface area contributed by atoms with E-state index in [1.807, 2.05) is 20.8 Å². The molecule has 0 aliphatic carbocycles. The Kier molecular flexibility index (Phi) is 29.8. The van der Waals surface area contributed by atoms with E-state index in [9.17, 15) is 4.79 Å². The Labute approximate surface area is 239 Å². The van der Waals surface area contributed by atoms with Crippen molar-refractivity contribution >= 4 is 17.6 Å². The maximum absolute atomic E-state index is 11.5. The lowest BCUT2D eigenvalue weighted by Crippen LogP contribution is -2.27. The van der Waals surface area contributed by atoms with Crippen LogP contribution in [0.25, 0.3) is 0 Å². The van der Waals surface area contributed by atoms with Gasteiger partial charge in [-0.15, -0.1) is 11.6 Å². The molecule has 0 aromatic carbocycles. The van der Waals surface area contributed by atoms with Crippen LogP contribution in [0.5, 0.6) is 0 Å². The van der Waals surface area contributed by atoms with Gasteiger partial charge in [0.15, 0.2) is 0 Å². The molecule has 0 fully saturated rings. The van der Waals surface area contributed by atoms with Crippen LogP contribution in [0.3, 0.4) is 0 Å². The zero-order valence-electron chi connectivity index (χ0n) is 24.1. The summed E-state index contributed by atoms with van der Waals surface area (Å²) in [6, 6.07) is 0. The first-order chi connectivity index (χ1) is 19.0.